The Labute approximate surface area is 72.9 Å². The van der Waals surface area contributed by atoms with Crippen molar-refractivity contribution in [1.29, 1.82) is 0 Å². The molecule has 64 valence electrons. The molecule has 1 atom stereocenters. The van der Waals surface area contributed by atoms with Gasteiger partial charge in [0.05, 0.1) is 0 Å². The SMILES string of the molecule is Cc1ccc(OS(=O)O)c2c1C2. The maximum Gasteiger partial charge on any atom is 0.357 e. The first-order valence-corrected chi connectivity index (χ1v) is 4.62. The van der Waals surface area contributed by atoms with Gasteiger partial charge in [0.2, 0.25) is 0 Å². The highest BCUT2D eigenvalue weighted by atomic mass is 32.2. The van der Waals surface area contributed by atoms with Crippen LogP contribution in [0.4, 0.5) is 0 Å². The highest BCUT2D eigenvalue weighted by Crippen LogP contribution is 2.39. The second kappa shape index (κ2) is 2.57. The summed E-state index contributed by atoms with van der Waals surface area (Å²) in [5, 5.41) is 0. The highest BCUT2D eigenvalue weighted by Gasteiger charge is 2.25. The van der Waals surface area contributed by atoms with E-state index >= 15 is 0 Å². The minimum atomic E-state index is -2.20. The van der Waals surface area contributed by atoms with Gasteiger partial charge in [-0.3, -0.25) is 4.55 Å². The number of hydrogen-bond acceptors (Lipinski definition) is 2. The van der Waals surface area contributed by atoms with Crippen molar-refractivity contribution >= 4 is 11.4 Å². The van der Waals surface area contributed by atoms with Gasteiger partial charge in [0.1, 0.15) is 5.75 Å². The van der Waals surface area contributed by atoms with E-state index in [2.05, 4.69) is 4.18 Å². The van der Waals surface area contributed by atoms with Gasteiger partial charge in [0.25, 0.3) is 0 Å². The van der Waals surface area contributed by atoms with E-state index in [0.29, 0.717) is 5.75 Å². The lowest BCUT2D eigenvalue weighted by Crippen LogP contribution is -1.97. The van der Waals surface area contributed by atoms with Gasteiger partial charge in [-0.25, -0.2) is 0 Å². The third-order valence-corrected chi connectivity index (χ3v) is 2.33. The van der Waals surface area contributed by atoms with Crippen LogP contribution in [0.3, 0.4) is 0 Å². The van der Waals surface area contributed by atoms with E-state index in [4.69, 9.17) is 4.55 Å². The molecule has 4 heteroatoms. The molecule has 0 saturated carbocycles. The summed E-state index contributed by atoms with van der Waals surface area (Å²) in [5.74, 6) is 0.538. The Kier molecular flexibility index (Phi) is 1.66. The molecule has 0 bridgehead atoms. The van der Waals surface area contributed by atoms with Crippen molar-refractivity contribution in [3.8, 4) is 5.75 Å². The van der Waals surface area contributed by atoms with Crippen molar-refractivity contribution in [1.82, 2.24) is 0 Å². The van der Waals surface area contributed by atoms with Crippen LogP contribution < -0.4 is 4.18 Å². The summed E-state index contributed by atoms with van der Waals surface area (Å²) in [5.41, 5.74) is 3.54. The van der Waals surface area contributed by atoms with Gasteiger partial charge in [-0.1, -0.05) is 6.07 Å². The van der Waals surface area contributed by atoms with Gasteiger partial charge >= 0.3 is 11.4 Å². The number of aryl methyl sites for hydroxylation is 1. The first kappa shape index (κ1) is 7.76. The first-order chi connectivity index (χ1) is 5.68. The lowest BCUT2D eigenvalue weighted by Gasteiger charge is -1.98. The predicted octanol–water partition coefficient (Wildman–Crippen LogP) is 1.41. The predicted molar refractivity (Wildman–Crippen MR) is 45.4 cm³/mol. The fourth-order valence-electron chi connectivity index (χ4n) is 1.30. The second-order valence-corrected chi connectivity index (χ2v) is 3.42. The lowest BCUT2D eigenvalue weighted by molar-refractivity contribution is 0.457. The third kappa shape index (κ3) is 1.23. The first-order valence-electron chi connectivity index (χ1n) is 3.59. The standard InChI is InChI=1S/C8H8O3S/c1-5-2-3-8(11-12(9)10)7-4-6(5)7/h2-3H,4H2,1H3,(H,9,10). The van der Waals surface area contributed by atoms with Crippen LogP contribution in [0, 0.1) is 6.92 Å². The molecule has 1 unspecified atom stereocenters. The van der Waals surface area contributed by atoms with Crippen LogP contribution in [0.25, 0.3) is 0 Å². The maximum atomic E-state index is 10.3. The zero-order valence-corrected chi connectivity index (χ0v) is 7.35. The minimum Gasteiger partial charge on any atom is -0.380 e. The molecule has 0 heterocycles. The van der Waals surface area contributed by atoms with Gasteiger partial charge in [-0.05, 0) is 24.1 Å². The Hall–Kier alpha value is -0.870. The number of benzene rings is 1. The zero-order chi connectivity index (χ0) is 8.72. The molecular weight excluding hydrogens is 176 g/mol. The van der Waals surface area contributed by atoms with Crippen molar-refractivity contribution in [3.05, 3.63) is 28.8 Å². The van der Waals surface area contributed by atoms with E-state index in [0.717, 1.165) is 12.0 Å². The fourth-order valence-corrected chi connectivity index (χ4v) is 1.61. The van der Waals surface area contributed by atoms with Crippen molar-refractivity contribution in [3.63, 3.8) is 0 Å². The molecule has 1 aromatic rings. The average Bonchev–Trinajstić information content (AvgIpc) is 2.73. The topological polar surface area (TPSA) is 46.5 Å². The number of fused-ring (bicyclic) bond motifs is 1. The van der Waals surface area contributed by atoms with Gasteiger partial charge in [-0.2, -0.15) is 4.21 Å². The molecule has 1 aromatic carbocycles. The molecule has 0 radical (unpaired) electrons. The van der Waals surface area contributed by atoms with Crippen LogP contribution in [0.15, 0.2) is 12.1 Å². The van der Waals surface area contributed by atoms with E-state index in [1.807, 2.05) is 13.0 Å². The van der Waals surface area contributed by atoms with E-state index in [1.165, 1.54) is 11.1 Å². The molecule has 0 amide bonds. The Bertz CT molecular complexity index is 360. The van der Waals surface area contributed by atoms with Crippen LogP contribution in [-0.4, -0.2) is 8.76 Å². The van der Waals surface area contributed by atoms with Crippen molar-refractivity contribution in [2.24, 2.45) is 0 Å². The van der Waals surface area contributed by atoms with Crippen LogP contribution in [0.2, 0.25) is 0 Å². The van der Waals surface area contributed by atoms with Crippen LogP contribution >= 0.6 is 0 Å². The molecular formula is C8H8O3S. The summed E-state index contributed by atoms with van der Waals surface area (Å²) in [6.45, 7) is 2.02. The van der Waals surface area contributed by atoms with Crippen molar-refractivity contribution < 1.29 is 12.9 Å². The number of rotatable bonds is 2. The Morgan fingerprint density at radius 2 is 2.25 bits per heavy atom. The smallest absolute Gasteiger partial charge is 0.357 e. The molecule has 0 aliphatic heterocycles. The molecule has 1 N–H and O–H groups in total. The summed E-state index contributed by atoms with van der Waals surface area (Å²) < 4.78 is 23.5. The van der Waals surface area contributed by atoms with Gasteiger partial charge in [-0.15, -0.1) is 0 Å². The van der Waals surface area contributed by atoms with E-state index in [-0.39, 0.29) is 0 Å². The largest absolute Gasteiger partial charge is 0.380 e. The van der Waals surface area contributed by atoms with E-state index in [9.17, 15) is 4.21 Å². The third-order valence-electron chi connectivity index (χ3n) is 2.01. The van der Waals surface area contributed by atoms with Crippen LogP contribution in [0.5, 0.6) is 5.75 Å². The molecule has 0 saturated heterocycles. The molecule has 12 heavy (non-hydrogen) atoms. The summed E-state index contributed by atoms with van der Waals surface area (Å²) >= 11 is -2.20. The quantitative estimate of drug-likeness (QED) is 0.718. The summed E-state index contributed by atoms with van der Waals surface area (Å²) in [6, 6.07) is 3.63. The van der Waals surface area contributed by atoms with Crippen LogP contribution in [0.1, 0.15) is 16.7 Å². The lowest BCUT2D eigenvalue weighted by atomic mass is 10.2. The van der Waals surface area contributed by atoms with Crippen molar-refractivity contribution in [2.75, 3.05) is 0 Å². The van der Waals surface area contributed by atoms with Gasteiger partial charge in [0, 0.05) is 12.0 Å². The number of hydrogen-bond donors (Lipinski definition) is 1. The minimum absolute atomic E-state index is 0.538. The van der Waals surface area contributed by atoms with E-state index < -0.39 is 11.4 Å². The summed E-state index contributed by atoms with van der Waals surface area (Å²) in [4.78, 5) is 0. The monoisotopic (exact) mass is 184 g/mol. The summed E-state index contributed by atoms with van der Waals surface area (Å²) in [7, 11) is 0. The normalized spacial score (nSPS) is 15.2. The van der Waals surface area contributed by atoms with Gasteiger partial charge in [0.15, 0.2) is 0 Å². The van der Waals surface area contributed by atoms with Crippen molar-refractivity contribution in [2.45, 2.75) is 13.3 Å². The van der Waals surface area contributed by atoms with E-state index in [1.54, 1.807) is 6.07 Å². The molecule has 0 spiro atoms. The maximum absolute atomic E-state index is 10.3. The molecule has 2 rings (SSSR count). The molecule has 0 fully saturated rings. The second-order valence-electron chi connectivity index (χ2n) is 2.81. The zero-order valence-electron chi connectivity index (χ0n) is 6.53. The average molecular weight is 184 g/mol. The Morgan fingerprint density at radius 3 is 2.92 bits per heavy atom. The highest BCUT2D eigenvalue weighted by molar-refractivity contribution is 7.74. The Morgan fingerprint density at radius 1 is 1.50 bits per heavy atom. The molecule has 1 aliphatic carbocycles. The molecule has 0 aromatic heterocycles. The summed E-state index contributed by atoms with van der Waals surface area (Å²) in [6.07, 6.45) is 0.894. The van der Waals surface area contributed by atoms with Gasteiger partial charge < -0.3 is 4.18 Å². The Balaban J connectivity index is 2.32. The fraction of sp³-hybridized carbons (Fsp3) is 0.250. The molecule has 3 nitrogen and oxygen atoms in total. The van der Waals surface area contributed by atoms with Crippen LogP contribution in [-0.2, 0) is 17.8 Å². The molecule has 1 aliphatic rings.